The van der Waals surface area contributed by atoms with Gasteiger partial charge in [0.15, 0.2) is 0 Å². The Morgan fingerprint density at radius 3 is 2.86 bits per heavy atom. The molecular formula is C6H10O. The molecule has 0 amide bonds. The molecular weight excluding hydrogens is 88.1 g/mol. The lowest BCUT2D eigenvalue weighted by atomic mass is 10.2. The van der Waals surface area contributed by atoms with Crippen LogP contribution < -0.4 is 0 Å². The Labute approximate surface area is 43.7 Å². The van der Waals surface area contributed by atoms with Gasteiger partial charge in [0.2, 0.25) is 0 Å². The van der Waals surface area contributed by atoms with Crippen LogP contribution in [0, 0.1) is 11.8 Å². The molecule has 2 aliphatic rings. The van der Waals surface area contributed by atoms with Gasteiger partial charge in [0.1, 0.15) is 0 Å². The van der Waals surface area contributed by atoms with Crippen molar-refractivity contribution in [2.75, 3.05) is 13.2 Å². The molecule has 0 aromatic rings. The molecule has 7 heavy (non-hydrogen) atoms. The van der Waals surface area contributed by atoms with Crippen molar-refractivity contribution in [3.05, 3.63) is 0 Å². The van der Waals surface area contributed by atoms with E-state index in [2.05, 4.69) is 0 Å². The first kappa shape index (κ1) is 3.90. The van der Waals surface area contributed by atoms with E-state index in [1.54, 1.807) is 0 Å². The zero-order valence-electron chi connectivity index (χ0n) is 4.39. The third-order valence-corrected chi connectivity index (χ3v) is 2.03. The second kappa shape index (κ2) is 1.22. The average molecular weight is 98.1 g/mol. The van der Waals surface area contributed by atoms with Gasteiger partial charge in [-0.25, -0.2) is 0 Å². The zero-order valence-corrected chi connectivity index (χ0v) is 4.39. The Hall–Kier alpha value is -0.0400. The highest BCUT2D eigenvalue weighted by molar-refractivity contribution is 4.87. The summed E-state index contributed by atoms with van der Waals surface area (Å²) < 4.78 is 5.22. The van der Waals surface area contributed by atoms with Gasteiger partial charge in [-0.1, -0.05) is 0 Å². The van der Waals surface area contributed by atoms with Gasteiger partial charge in [0, 0.05) is 13.2 Å². The van der Waals surface area contributed by atoms with E-state index in [0.717, 1.165) is 25.0 Å². The molecule has 1 heterocycles. The van der Waals surface area contributed by atoms with Crippen LogP contribution in [0.1, 0.15) is 12.8 Å². The normalized spacial score (nSPS) is 48.0. The van der Waals surface area contributed by atoms with Crippen molar-refractivity contribution >= 4 is 0 Å². The molecule has 2 atom stereocenters. The summed E-state index contributed by atoms with van der Waals surface area (Å²) >= 11 is 0. The van der Waals surface area contributed by atoms with Gasteiger partial charge in [0.05, 0.1) is 0 Å². The van der Waals surface area contributed by atoms with Gasteiger partial charge in [-0.05, 0) is 24.7 Å². The lowest BCUT2D eigenvalue weighted by molar-refractivity contribution is 0.0889. The van der Waals surface area contributed by atoms with Gasteiger partial charge in [-0.3, -0.25) is 0 Å². The SMILES string of the molecule is C1CC2CC2CO1. The van der Waals surface area contributed by atoms with Crippen molar-refractivity contribution < 1.29 is 4.74 Å². The van der Waals surface area contributed by atoms with Crippen LogP contribution in [0.25, 0.3) is 0 Å². The number of ether oxygens (including phenoxy) is 1. The van der Waals surface area contributed by atoms with E-state index < -0.39 is 0 Å². The van der Waals surface area contributed by atoms with Crippen LogP contribution in [0.4, 0.5) is 0 Å². The summed E-state index contributed by atoms with van der Waals surface area (Å²) in [6.07, 6.45) is 2.80. The summed E-state index contributed by atoms with van der Waals surface area (Å²) in [5, 5.41) is 0. The third-order valence-electron chi connectivity index (χ3n) is 2.03. The summed E-state index contributed by atoms with van der Waals surface area (Å²) in [4.78, 5) is 0. The highest BCUT2D eigenvalue weighted by Crippen LogP contribution is 2.43. The summed E-state index contributed by atoms with van der Waals surface area (Å²) in [5.74, 6) is 2.06. The third kappa shape index (κ3) is 0.556. The minimum absolute atomic E-state index is 0.980. The Kier molecular flexibility index (Phi) is 0.680. The van der Waals surface area contributed by atoms with E-state index in [1.165, 1.54) is 12.8 Å². The number of hydrogen-bond donors (Lipinski definition) is 0. The lowest BCUT2D eigenvalue weighted by Crippen LogP contribution is -2.06. The minimum atomic E-state index is 0.980. The first-order chi connectivity index (χ1) is 3.47. The molecule has 0 spiro atoms. The molecule has 0 N–H and O–H groups in total. The summed E-state index contributed by atoms with van der Waals surface area (Å²) in [6.45, 7) is 2.09. The lowest BCUT2D eigenvalue weighted by Gasteiger charge is -2.07. The maximum Gasteiger partial charge on any atom is 0.0497 e. The smallest absolute Gasteiger partial charge is 0.0497 e. The van der Waals surface area contributed by atoms with Crippen LogP contribution in [-0.4, -0.2) is 13.2 Å². The molecule has 1 heteroatoms. The molecule has 1 saturated heterocycles. The molecule has 2 unspecified atom stereocenters. The van der Waals surface area contributed by atoms with E-state index in [0.29, 0.717) is 0 Å². The number of rotatable bonds is 0. The molecule has 1 saturated carbocycles. The number of fused-ring (bicyclic) bond motifs is 1. The van der Waals surface area contributed by atoms with Crippen LogP contribution in [0.3, 0.4) is 0 Å². The molecule has 0 radical (unpaired) electrons. The minimum Gasteiger partial charge on any atom is -0.381 e. The topological polar surface area (TPSA) is 9.23 Å². The Balaban J connectivity index is 1.95. The second-order valence-corrected chi connectivity index (χ2v) is 2.62. The predicted octanol–water partition coefficient (Wildman–Crippen LogP) is 1.04. The number of hydrogen-bond acceptors (Lipinski definition) is 1. The quantitative estimate of drug-likeness (QED) is 0.440. The van der Waals surface area contributed by atoms with E-state index in [-0.39, 0.29) is 0 Å². The fraction of sp³-hybridized carbons (Fsp3) is 1.00. The van der Waals surface area contributed by atoms with Crippen molar-refractivity contribution in [2.24, 2.45) is 11.8 Å². The largest absolute Gasteiger partial charge is 0.381 e. The van der Waals surface area contributed by atoms with E-state index in [9.17, 15) is 0 Å². The fourth-order valence-corrected chi connectivity index (χ4v) is 1.34. The van der Waals surface area contributed by atoms with Gasteiger partial charge in [-0.15, -0.1) is 0 Å². The molecule has 0 bridgehead atoms. The maximum atomic E-state index is 5.22. The zero-order chi connectivity index (χ0) is 4.69. The molecule has 0 aromatic carbocycles. The van der Waals surface area contributed by atoms with Crippen LogP contribution in [0.15, 0.2) is 0 Å². The van der Waals surface area contributed by atoms with Crippen molar-refractivity contribution in [1.82, 2.24) is 0 Å². The first-order valence-corrected chi connectivity index (χ1v) is 3.04. The van der Waals surface area contributed by atoms with Crippen molar-refractivity contribution in [3.63, 3.8) is 0 Å². The Morgan fingerprint density at radius 2 is 2.29 bits per heavy atom. The molecule has 40 valence electrons. The van der Waals surface area contributed by atoms with Gasteiger partial charge < -0.3 is 4.74 Å². The average Bonchev–Trinajstić information content (AvgIpc) is 2.41. The van der Waals surface area contributed by atoms with Crippen molar-refractivity contribution in [3.8, 4) is 0 Å². The van der Waals surface area contributed by atoms with Gasteiger partial charge >= 0.3 is 0 Å². The molecule has 2 fully saturated rings. The van der Waals surface area contributed by atoms with Crippen LogP contribution in [0.2, 0.25) is 0 Å². The van der Waals surface area contributed by atoms with Gasteiger partial charge in [-0.2, -0.15) is 0 Å². The second-order valence-electron chi connectivity index (χ2n) is 2.62. The first-order valence-electron chi connectivity index (χ1n) is 3.04. The summed E-state index contributed by atoms with van der Waals surface area (Å²) in [7, 11) is 0. The molecule has 1 nitrogen and oxygen atoms in total. The van der Waals surface area contributed by atoms with Crippen molar-refractivity contribution in [1.29, 1.82) is 0 Å². The van der Waals surface area contributed by atoms with Crippen molar-refractivity contribution in [2.45, 2.75) is 12.8 Å². The highest BCUT2D eigenvalue weighted by atomic mass is 16.5. The highest BCUT2D eigenvalue weighted by Gasteiger charge is 2.38. The molecule has 0 aromatic heterocycles. The predicted molar refractivity (Wildman–Crippen MR) is 27.0 cm³/mol. The van der Waals surface area contributed by atoms with Crippen LogP contribution in [-0.2, 0) is 4.74 Å². The monoisotopic (exact) mass is 98.1 g/mol. The van der Waals surface area contributed by atoms with E-state index >= 15 is 0 Å². The van der Waals surface area contributed by atoms with Crippen LogP contribution in [0.5, 0.6) is 0 Å². The molecule has 1 aliphatic carbocycles. The van der Waals surface area contributed by atoms with Crippen LogP contribution >= 0.6 is 0 Å². The maximum absolute atomic E-state index is 5.22. The summed E-state index contributed by atoms with van der Waals surface area (Å²) in [5.41, 5.74) is 0. The summed E-state index contributed by atoms with van der Waals surface area (Å²) in [6, 6.07) is 0. The molecule has 1 aliphatic heterocycles. The van der Waals surface area contributed by atoms with Gasteiger partial charge in [0.25, 0.3) is 0 Å². The molecule has 2 rings (SSSR count). The van der Waals surface area contributed by atoms with E-state index in [4.69, 9.17) is 4.74 Å². The fourth-order valence-electron chi connectivity index (χ4n) is 1.34. The van der Waals surface area contributed by atoms with E-state index in [1.807, 2.05) is 0 Å². The Morgan fingerprint density at radius 1 is 1.29 bits per heavy atom. The standard InChI is InChI=1S/C6H10O/c1-2-7-4-6-3-5(1)6/h5-6H,1-4H2. The Bertz CT molecular complexity index is 70.2.